The van der Waals surface area contributed by atoms with Gasteiger partial charge < -0.3 is 9.84 Å². The van der Waals surface area contributed by atoms with Crippen LogP contribution in [0.25, 0.3) is 0 Å². The van der Waals surface area contributed by atoms with Crippen LogP contribution in [0.15, 0.2) is 18.2 Å². The first-order valence-corrected chi connectivity index (χ1v) is 3.68. The minimum atomic E-state index is -1.42. The number of nitrogens with zero attached hydrogens (tertiary/aromatic N) is 1. The summed E-state index contributed by atoms with van der Waals surface area (Å²) < 4.78 is 4.35. The summed E-state index contributed by atoms with van der Waals surface area (Å²) in [5, 5.41) is 19.1. The van der Waals surface area contributed by atoms with E-state index in [1.165, 1.54) is 0 Å². The molecule has 0 heterocycles. The lowest BCUT2D eigenvalue weighted by molar-refractivity contribution is -0.385. The lowest BCUT2D eigenvalue weighted by atomic mass is 10.2. The number of hydrogen-bond acceptors (Lipinski definition) is 5. The van der Waals surface area contributed by atoms with Crippen molar-refractivity contribution in [3.63, 3.8) is 0 Å². The van der Waals surface area contributed by atoms with E-state index in [-0.39, 0.29) is 12.2 Å². The third-order valence-electron chi connectivity index (χ3n) is 1.58. The molecule has 0 aliphatic carbocycles. The Morgan fingerprint density at radius 3 is 2.67 bits per heavy atom. The smallest absolute Gasteiger partial charge is 0.342 e. The zero-order chi connectivity index (χ0) is 11.4. The van der Waals surface area contributed by atoms with E-state index in [1.807, 2.05) is 0 Å². The predicted molar refractivity (Wildman–Crippen MR) is 46.7 cm³/mol. The molecule has 0 unspecified atom stereocenters. The molecule has 15 heavy (non-hydrogen) atoms. The second-order valence-corrected chi connectivity index (χ2v) is 2.46. The molecule has 78 valence electrons. The number of benzene rings is 1. The quantitative estimate of drug-likeness (QED) is 0.449. The zero-order valence-electron chi connectivity index (χ0n) is 7.25. The van der Waals surface area contributed by atoms with Gasteiger partial charge in [0.1, 0.15) is 11.3 Å². The molecule has 0 aliphatic heterocycles. The van der Waals surface area contributed by atoms with E-state index < -0.39 is 22.1 Å². The van der Waals surface area contributed by atoms with Crippen molar-refractivity contribution in [2.75, 3.05) is 0 Å². The first-order valence-electron chi connectivity index (χ1n) is 3.68. The molecule has 0 fully saturated rings. The highest BCUT2D eigenvalue weighted by molar-refractivity contribution is 5.92. The number of ether oxygens (including phenoxy) is 1. The number of carboxylic acids is 1. The molecular formula is C8H5NO6. The number of carbonyl (C=O) groups excluding carboxylic acids is 1. The molecule has 7 heteroatoms. The number of carboxylic acid groups (broad SMARTS) is 1. The number of nitro benzene ring substituents is 1. The van der Waals surface area contributed by atoms with Crippen molar-refractivity contribution in [2.24, 2.45) is 0 Å². The van der Waals surface area contributed by atoms with Crippen molar-refractivity contribution in [3.8, 4) is 5.75 Å². The molecule has 0 radical (unpaired) electrons. The number of aromatic carboxylic acids is 1. The molecule has 1 aromatic carbocycles. The van der Waals surface area contributed by atoms with Gasteiger partial charge in [-0.2, -0.15) is 0 Å². The summed E-state index contributed by atoms with van der Waals surface area (Å²) in [6.45, 7) is 0.0967. The Hall–Kier alpha value is -2.44. The third-order valence-corrected chi connectivity index (χ3v) is 1.58. The van der Waals surface area contributed by atoms with Crippen molar-refractivity contribution in [2.45, 2.75) is 0 Å². The number of hydrogen-bond donors (Lipinski definition) is 1. The average molecular weight is 211 g/mol. The van der Waals surface area contributed by atoms with Crippen LogP contribution in [0, 0.1) is 10.1 Å². The predicted octanol–water partition coefficient (Wildman–Crippen LogP) is 0.828. The highest BCUT2D eigenvalue weighted by Crippen LogP contribution is 2.24. The summed E-state index contributed by atoms with van der Waals surface area (Å²) in [6, 6.07) is 3.03. The van der Waals surface area contributed by atoms with Crippen LogP contribution in [0.1, 0.15) is 10.4 Å². The highest BCUT2D eigenvalue weighted by atomic mass is 16.6. The summed E-state index contributed by atoms with van der Waals surface area (Å²) in [5.74, 6) is -1.50. The summed E-state index contributed by atoms with van der Waals surface area (Å²) in [4.78, 5) is 30.2. The van der Waals surface area contributed by atoms with E-state index in [0.717, 1.165) is 18.2 Å². The summed E-state index contributed by atoms with van der Waals surface area (Å²) in [5.41, 5.74) is -1.08. The van der Waals surface area contributed by atoms with Gasteiger partial charge in [0.2, 0.25) is 0 Å². The molecule has 0 bridgehead atoms. The fourth-order valence-corrected chi connectivity index (χ4v) is 0.972. The number of carbonyl (C=O) groups is 2. The van der Waals surface area contributed by atoms with Crippen LogP contribution in [0.3, 0.4) is 0 Å². The Morgan fingerprint density at radius 2 is 2.20 bits per heavy atom. The van der Waals surface area contributed by atoms with E-state index in [2.05, 4.69) is 4.74 Å². The first kappa shape index (κ1) is 10.6. The minimum absolute atomic E-state index is 0.0818. The Morgan fingerprint density at radius 1 is 1.53 bits per heavy atom. The Kier molecular flexibility index (Phi) is 2.97. The molecule has 1 rings (SSSR count). The molecule has 0 saturated heterocycles. The highest BCUT2D eigenvalue weighted by Gasteiger charge is 2.20. The van der Waals surface area contributed by atoms with Gasteiger partial charge >= 0.3 is 5.97 Å². The second kappa shape index (κ2) is 4.18. The van der Waals surface area contributed by atoms with Crippen LogP contribution in [0.4, 0.5) is 5.69 Å². The SMILES string of the molecule is O=COc1ccc(C(=O)O)c([N+](=O)[O-])c1. The maximum Gasteiger partial charge on any atom is 0.342 e. The van der Waals surface area contributed by atoms with E-state index >= 15 is 0 Å². The number of rotatable bonds is 4. The van der Waals surface area contributed by atoms with Crippen molar-refractivity contribution in [1.82, 2.24) is 0 Å². The van der Waals surface area contributed by atoms with Crippen LogP contribution < -0.4 is 4.74 Å². The number of nitro groups is 1. The van der Waals surface area contributed by atoms with E-state index in [9.17, 15) is 19.7 Å². The topological polar surface area (TPSA) is 107 Å². The molecule has 0 spiro atoms. The van der Waals surface area contributed by atoms with Crippen LogP contribution in [0.5, 0.6) is 5.75 Å². The Balaban J connectivity index is 3.26. The molecule has 0 saturated carbocycles. The summed E-state index contributed by atoms with van der Waals surface area (Å²) >= 11 is 0. The lowest BCUT2D eigenvalue weighted by Crippen LogP contribution is -2.03. The van der Waals surface area contributed by atoms with Crippen molar-refractivity contribution in [3.05, 3.63) is 33.9 Å². The van der Waals surface area contributed by atoms with E-state index in [4.69, 9.17) is 5.11 Å². The Bertz CT molecular complexity index is 427. The fraction of sp³-hybridized carbons (Fsp3) is 0. The largest absolute Gasteiger partial charge is 0.477 e. The van der Waals surface area contributed by atoms with Gasteiger partial charge in [0.25, 0.3) is 12.2 Å². The normalized spacial score (nSPS) is 9.33. The van der Waals surface area contributed by atoms with Crippen LogP contribution in [0.2, 0.25) is 0 Å². The van der Waals surface area contributed by atoms with Crippen LogP contribution in [-0.4, -0.2) is 22.5 Å². The second-order valence-electron chi connectivity index (χ2n) is 2.46. The zero-order valence-corrected chi connectivity index (χ0v) is 7.25. The first-order chi connectivity index (χ1) is 7.06. The third kappa shape index (κ3) is 2.27. The Labute approximate surface area is 83.0 Å². The average Bonchev–Trinajstić information content (AvgIpc) is 2.17. The minimum Gasteiger partial charge on any atom is -0.477 e. The van der Waals surface area contributed by atoms with E-state index in [1.54, 1.807) is 0 Å². The van der Waals surface area contributed by atoms with E-state index in [0.29, 0.717) is 0 Å². The molecule has 0 atom stereocenters. The molecule has 0 amide bonds. The molecule has 0 aromatic heterocycles. The van der Waals surface area contributed by atoms with Crippen LogP contribution >= 0.6 is 0 Å². The van der Waals surface area contributed by atoms with Crippen molar-refractivity contribution >= 4 is 18.1 Å². The molecule has 7 nitrogen and oxygen atoms in total. The molecular weight excluding hydrogens is 206 g/mol. The van der Waals surface area contributed by atoms with Gasteiger partial charge in [-0.15, -0.1) is 0 Å². The standard InChI is InChI=1S/C8H5NO6/c10-4-15-5-1-2-6(8(11)12)7(3-5)9(13)14/h1-4H,(H,11,12). The molecule has 1 N–H and O–H groups in total. The maximum atomic E-state index is 10.6. The van der Waals surface area contributed by atoms with Crippen molar-refractivity contribution in [1.29, 1.82) is 0 Å². The van der Waals surface area contributed by atoms with Crippen molar-refractivity contribution < 1.29 is 24.4 Å². The summed E-state index contributed by atoms with van der Waals surface area (Å²) in [7, 11) is 0. The van der Waals surface area contributed by atoms with Gasteiger partial charge in [0.05, 0.1) is 11.0 Å². The maximum absolute atomic E-state index is 10.6. The van der Waals surface area contributed by atoms with Gasteiger partial charge in [-0.1, -0.05) is 0 Å². The molecule has 0 aliphatic rings. The van der Waals surface area contributed by atoms with Gasteiger partial charge in [-0.3, -0.25) is 14.9 Å². The van der Waals surface area contributed by atoms with Gasteiger partial charge in [0, 0.05) is 0 Å². The fourth-order valence-electron chi connectivity index (χ4n) is 0.972. The van der Waals surface area contributed by atoms with Crippen LogP contribution in [-0.2, 0) is 4.79 Å². The monoisotopic (exact) mass is 211 g/mol. The summed E-state index contributed by atoms with van der Waals surface area (Å²) in [6.07, 6.45) is 0. The van der Waals surface area contributed by atoms with Gasteiger partial charge in [-0.25, -0.2) is 4.79 Å². The molecule has 1 aromatic rings. The van der Waals surface area contributed by atoms with Gasteiger partial charge in [-0.05, 0) is 12.1 Å². The van der Waals surface area contributed by atoms with Gasteiger partial charge in [0.15, 0.2) is 0 Å². The lowest BCUT2D eigenvalue weighted by Gasteiger charge is -2.00.